The van der Waals surface area contributed by atoms with Crippen molar-refractivity contribution in [2.45, 2.75) is 27.7 Å². The summed E-state index contributed by atoms with van der Waals surface area (Å²) in [5.74, 6) is 1.77. The molecule has 2 aromatic carbocycles. The quantitative estimate of drug-likeness (QED) is 0.739. The Bertz CT molecular complexity index is 527. The maximum Gasteiger partial charge on any atom is 0.275 e. The molecule has 0 N–H and O–H groups in total. The van der Waals surface area contributed by atoms with Gasteiger partial charge in [-0.1, -0.05) is 35.4 Å². The summed E-state index contributed by atoms with van der Waals surface area (Å²) in [6, 6.07) is 12.3. The zero-order chi connectivity index (χ0) is 13.8. The van der Waals surface area contributed by atoms with Gasteiger partial charge in [-0.25, -0.2) is 0 Å². The van der Waals surface area contributed by atoms with Crippen molar-refractivity contribution in [3.8, 4) is 11.5 Å². The van der Waals surface area contributed by atoms with Gasteiger partial charge in [0.2, 0.25) is 0 Å². The van der Waals surface area contributed by atoms with Crippen molar-refractivity contribution in [2.24, 2.45) is 0 Å². The van der Waals surface area contributed by atoms with E-state index in [1.807, 2.05) is 38.1 Å². The van der Waals surface area contributed by atoms with Crippen LogP contribution < -0.4 is 9.05 Å². The van der Waals surface area contributed by atoms with E-state index in [1.54, 1.807) is 0 Å². The van der Waals surface area contributed by atoms with Crippen LogP contribution >= 0.6 is 9.03 Å². The zero-order valence-corrected chi connectivity index (χ0v) is 12.8. The molecule has 0 spiro atoms. The van der Waals surface area contributed by atoms with Gasteiger partial charge in [0.1, 0.15) is 11.5 Å². The lowest BCUT2D eigenvalue weighted by Gasteiger charge is -2.11. The second-order valence-corrected chi connectivity index (χ2v) is 5.40. The Labute approximate surface area is 116 Å². The molecule has 0 atom stereocenters. The second-order valence-electron chi connectivity index (χ2n) is 4.83. The van der Waals surface area contributed by atoms with Gasteiger partial charge in [0.05, 0.1) is 0 Å². The number of hydrogen-bond acceptors (Lipinski definition) is 2. The lowest BCUT2D eigenvalue weighted by Crippen LogP contribution is -1.90. The molecule has 0 aliphatic rings. The highest BCUT2D eigenvalue weighted by Crippen LogP contribution is 2.29. The highest BCUT2D eigenvalue weighted by molar-refractivity contribution is 7.27. The molecule has 0 radical (unpaired) electrons. The van der Waals surface area contributed by atoms with Gasteiger partial charge in [-0.3, -0.25) is 0 Å². The van der Waals surface area contributed by atoms with E-state index in [9.17, 15) is 0 Å². The Kier molecular flexibility index (Phi) is 4.44. The van der Waals surface area contributed by atoms with E-state index in [0.717, 1.165) is 22.6 Å². The molecule has 0 aromatic heterocycles. The smallest absolute Gasteiger partial charge is 0.275 e. The van der Waals surface area contributed by atoms with E-state index < -0.39 is 0 Å². The minimum absolute atomic E-state index is 0.0265. The Hall–Kier alpha value is -1.53. The molecule has 0 aliphatic carbocycles. The highest BCUT2D eigenvalue weighted by Gasteiger charge is 2.03. The van der Waals surface area contributed by atoms with Crippen LogP contribution in [0.4, 0.5) is 0 Å². The lowest BCUT2D eigenvalue weighted by molar-refractivity contribution is 0.511. The average Bonchev–Trinajstić information content (AvgIpc) is 2.34. The number of rotatable bonds is 4. The second kappa shape index (κ2) is 6.08. The van der Waals surface area contributed by atoms with Gasteiger partial charge in [-0.15, -0.1) is 0 Å². The molecule has 2 aromatic rings. The fourth-order valence-electron chi connectivity index (χ4n) is 1.94. The highest BCUT2D eigenvalue weighted by atomic mass is 31.1. The van der Waals surface area contributed by atoms with Crippen LogP contribution in [-0.2, 0) is 0 Å². The standard InChI is InChI=1S/C16H19O2P/c1-11-5-7-15(13(3)9-11)17-19-18-16-8-6-12(2)10-14(16)4/h5-10,19H,1-4H3. The van der Waals surface area contributed by atoms with Crippen LogP contribution in [0.15, 0.2) is 36.4 Å². The summed E-state index contributed by atoms with van der Waals surface area (Å²) in [7, 11) is -0.0265. The van der Waals surface area contributed by atoms with Gasteiger partial charge < -0.3 is 9.05 Å². The van der Waals surface area contributed by atoms with Gasteiger partial charge in [-0.05, 0) is 51.0 Å². The third-order valence-electron chi connectivity index (χ3n) is 2.96. The first-order valence-corrected chi connectivity index (χ1v) is 7.11. The molecule has 100 valence electrons. The fraction of sp³-hybridized carbons (Fsp3) is 0.250. The number of aryl methyl sites for hydroxylation is 4. The largest absolute Gasteiger partial charge is 0.440 e. The summed E-state index contributed by atoms with van der Waals surface area (Å²) >= 11 is 0. The topological polar surface area (TPSA) is 18.5 Å². The Morgan fingerprint density at radius 2 is 1.11 bits per heavy atom. The molecular formula is C16H19O2P. The minimum Gasteiger partial charge on any atom is -0.440 e. The maximum absolute atomic E-state index is 5.69. The van der Waals surface area contributed by atoms with Gasteiger partial charge in [0.15, 0.2) is 0 Å². The van der Waals surface area contributed by atoms with Crippen molar-refractivity contribution < 1.29 is 9.05 Å². The normalized spacial score (nSPS) is 10.3. The summed E-state index contributed by atoms with van der Waals surface area (Å²) in [4.78, 5) is 0. The SMILES string of the molecule is Cc1ccc(OPOc2ccc(C)cc2C)c(C)c1. The van der Waals surface area contributed by atoms with Crippen LogP contribution in [0, 0.1) is 27.7 Å². The van der Waals surface area contributed by atoms with E-state index in [2.05, 4.69) is 26.0 Å². The van der Waals surface area contributed by atoms with Gasteiger partial charge in [-0.2, -0.15) is 0 Å². The fourth-order valence-corrected chi connectivity index (χ4v) is 2.62. The van der Waals surface area contributed by atoms with Gasteiger partial charge in [0, 0.05) is 0 Å². The van der Waals surface area contributed by atoms with Crippen molar-refractivity contribution in [3.63, 3.8) is 0 Å². The van der Waals surface area contributed by atoms with E-state index in [0.29, 0.717) is 0 Å². The summed E-state index contributed by atoms with van der Waals surface area (Å²) < 4.78 is 11.4. The number of benzene rings is 2. The Morgan fingerprint density at radius 3 is 1.47 bits per heavy atom. The van der Waals surface area contributed by atoms with Crippen molar-refractivity contribution in [3.05, 3.63) is 58.7 Å². The molecule has 0 unspecified atom stereocenters. The summed E-state index contributed by atoms with van der Waals surface area (Å²) in [5.41, 5.74) is 4.75. The predicted molar refractivity (Wildman–Crippen MR) is 81.4 cm³/mol. The van der Waals surface area contributed by atoms with E-state index in [4.69, 9.17) is 9.05 Å². The van der Waals surface area contributed by atoms with Crippen LogP contribution in [0.3, 0.4) is 0 Å². The number of hydrogen-bond donors (Lipinski definition) is 0. The van der Waals surface area contributed by atoms with Crippen LogP contribution in [0.5, 0.6) is 11.5 Å². The first-order chi connectivity index (χ1) is 9.06. The van der Waals surface area contributed by atoms with Gasteiger partial charge >= 0.3 is 0 Å². The van der Waals surface area contributed by atoms with Crippen molar-refractivity contribution in [2.75, 3.05) is 0 Å². The van der Waals surface area contributed by atoms with Crippen molar-refractivity contribution in [1.29, 1.82) is 0 Å². The molecule has 19 heavy (non-hydrogen) atoms. The minimum atomic E-state index is -0.0265. The molecular weight excluding hydrogens is 255 g/mol. The molecule has 0 aliphatic heterocycles. The van der Waals surface area contributed by atoms with Gasteiger partial charge in [0.25, 0.3) is 9.03 Å². The Morgan fingerprint density at radius 1 is 0.684 bits per heavy atom. The van der Waals surface area contributed by atoms with E-state index in [-0.39, 0.29) is 9.03 Å². The Balaban J connectivity index is 1.96. The van der Waals surface area contributed by atoms with Crippen molar-refractivity contribution in [1.82, 2.24) is 0 Å². The summed E-state index contributed by atoms with van der Waals surface area (Å²) in [5, 5.41) is 0. The van der Waals surface area contributed by atoms with Crippen LogP contribution in [0.1, 0.15) is 22.3 Å². The molecule has 2 rings (SSSR count). The third-order valence-corrected chi connectivity index (χ3v) is 3.57. The van der Waals surface area contributed by atoms with Crippen LogP contribution in [-0.4, -0.2) is 0 Å². The lowest BCUT2D eigenvalue weighted by atomic mass is 10.1. The summed E-state index contributed by atoms with van der Waals surface area (Å²) in [6.07, 6.45) is 0. The summed E-state index contributed by atoms with van der Waals surface area (Å²) in [6.45, 7) is 8.24. The molecule has 3 heteroatoms. The maximum atomic E-state index is 5.69. The molecule has 0 saturated carbocycles. The molecule has 0 bridgehead atoms. The molecule has 0 fully saturated rings. The zero-order valence-electron chi connectivity index (χ0n) is 11.8. The van der Waals surface area contributed by atoms with E-state index >= 15 is 0 Å². The molecule has 2 nitrogen and oxygen atoms in total. The monoisotopic (exact) mass is 274 g/mol. The molecule has 0 saturated heterocycles. The first-order valence-electron chi connectivity index (χ1n) is 6.29. The molecule has 0 heterocycles. The van der Waals surface area contributed by atoms with Crippen molar-refractivity contribution >= 4 is 9.03 Å². The third kappa shape index (κ3) is 3.71. The van der Waals surface area contributed by atoms with Crippen LogP contribution in [0.25, 0.3) is 0 Å². The van der Waals surface area contributed by atoms with E-state index in [1.165, 1.54) is 11.1 Å². The van der Waals surface area contributed by atoms with Crippen LogP contribution in [0.2, 0.25) is 0 Å². The average molecular weight is 274 g/mol. The predicted octanol–water partition coefficient (Wildman–Crippen LogP) is 4.89. The first kappa shape index (κ1) is 13.9. The molecule has 0 amide bonds.